The Kier molecular flexibility index (Phi) is 5.12. The fourth-order valence-corrected chi connectivity index (χ4v) is 3.24. The Bertz CT molecular complexity index is 903. The molecule has 3 aromatic rings. The molecule has 1 saturated heterocycles. The third-order valence-corrected chi connectivity index (χ3v) is 4.69. The van der Waals surface area contributed by atoms with Crippen molar-refractivity contribution in [2.24, 2.45) is 0 Å². The molecule has 0 atom stereocenters. The minimum absolute atomic E-state index is 0.111. The monoisotopic (exact) mass is 358 g/mol. The molecular formula is C22H22N4O. The number of piperazine rings is 1. The number of rotatable bonds is 4. The molecule has 2 aromatic carbocycles. The van der Waals surface area contributed by atoms with E-state index in [1.807, 2.05) is 66.7 Å². The second-order valence-electron chi connectivity index (χ2n) is 6.53. The van der Waals surface area contributed by atoms with Gasteiger partial charge in [-0.25, -0.2) is 0 Å². The largest absolute Gasteiger partial charge is 0.369 e. The van der Waals surface area contributed by atoms with Crippen LogP contribution in [0.25, 0.3) is 11.3 Å². The van der Waals surface area contributed by atoms with Crippen LogP contribution >= 0.6 is 0 Å². The van der Waals surface area contributed by atoms with Gasteiger partial charge in [-0.05, 0) is 48.5 Å². The van der Waals surface area contributed by atoms with Crippen molar-refractivity contribution in [2.75, 3.05) is 36.4 Å². The van der Waals surface area contributed by atoms with Gasteiger partial charge in [-0.3, -0.25) is 9.78 Å². The lowest BCUT2D eigenvalue weighted by molar-refractivity contribution is 0.102. The Hall–Kier alpha value is -3.18. The van der Waals surface area contributed by atoms with Crippen LogP contribution in [0.4, 0.5) is 11.4 Å². The average molecular weight is 358 g/mol. The van der Waals surface area contributed by atoms with Gasteiger partial charge in [0.25, 0.3) is 5.91 Å². The Balaban J connectivity index is 1.46. The second-order valence-corrected chi connectivity index (χ2v) is 6.53. The SMILES string of the molecule is O=C(Nc1cccc(-c2ccccn2)c1)c1ccc(N2CCNCC2)cc1. The lowest BCUT2D eigenvalue weighted by Crippen LogP contribution is -2.43. The van der Waals surface area contributed by atoms with Gasteiger partial charge in [0.1, 0.15) is 0 Å². The van der Waals surface area contributed by atoms with Crippen molar-refractivity contribution in [3.05, 3.63) is 78.5 Å². The molecular weight excluding hydrogens is 336 g/mol. The van der Waals surface area contributed by atoms with Gasteiger partial charge in [0.15, 0.2) is 0 Å². The minimum Gasteiger partial charge on any atom is -0.369 e. The van der Waals surface area contributed by atoms with Crippen LogP contribution in [0, 0.1) is 0 Å². The van der Waals surface area contributed by atoms with Gasteiger partial charge < -0.3 is 15.5 Å². The lowest BCUT2D eigenvalue weighted by Gasteiger charge is -2.29. The van der Waals surface area contributed by atoms with E-state index in [0.717, 1.165) is 48.8 Å². The van der Waals surface area contributed by atoms with E-state index in [9.17, 15) is 4.79 Å². The van der Waals surface area contributed by atoms with E-state index >= 15 is 0 Å². The van der Waals surface area contributed by atoms with Gasteiger partial charge >= 0.3 is 0 Å². The zero-order valence-corrected chi connectivity index (χ0v) is 15.1. The van der Waals surface area contributed by atoms with E-state index in [2.05, 4.69) is 20.5 Å². The molecule has 1 amide bonds. The topological polar surface area (TPSA) is 57.3 Å². The minimum atomic E-state index is -0.111. The van der Waals surface area contributed by atoms with Crippen molar-refractivity contribution in [1.29, 1.82) is 0 Å². The lowest BCUT2D eigenvalue weighted by atomic mass is 10.1. The van der Waals surface area contributed by atoms with E-state index in [0.29, 0.717) is 5.56 Å². The first-order valence-corrected chi connectivity index (χ1v) is 9.18. The van der Waals surface area contributed by atoms with Gasteiger partial charge in [0.2, 0.25) is 0 Å². The average Bonchev–Trinajstić information content (AvgIpc) is 2.75. The molecule has 1 fully saturated rings. The highest BCUT2D eigenvalue weighted by Crippen LogP contribution is 2.21. The first kappa shape index (κ1) is 17.2. The number of amides is 1. The summed E-state index contributed by atoms with van der Waals surface area (Å²) in [5, 5.41) is 6.32. The number of aromatic nitrogens is 1. The fourth-order valence-electron chi connectivity index (χ4n) is 3.24. The summed E-state index contributed by atoms with van der Waals surface area (Å²) in [6.07, 6.45) is 1.76. The summed E-state index contributed by atoms with van der Waals surface area (Å²) in [5.41, 5.74) is 4.42. The molecule has 0 saturated carbocycles. The molecule has 4 rings (SSSR count). The van der Waals surface area contributed by atoms with Crippen LogP contribution in [0.15, 0.2) is 72.9 Å². The number of hydrogen-bond donors (Lipinski definition) is 2. The zero-order valence-electron chi connectivity index (χ0n) is 15.1. The highest BCUT2D eigenvalue weighted by atomic mass is 16.1. The second kappa shape index (κ2) is 8.01. The number of benzene rings is 2. The molecule has 0 aliphatic carbocycles. The molecule has 27 heavy (non-hydrogen) atoms. The Morgan fingerprint density at radius 3 is 2.52 bits per heavy atom. The standard InChI is InChI=1S/C22H22N4O/c27-22(17-7-9-20(10-8-17)26-14-12-23-13-15-26)25-19-5-3-4-18(16-19)21-6-1-2-11-24-21/h1-11,16,23H,12-15H2,(H,25,27). The van der Waals surface area contributed by atoms with Crippen molar-refractivity contribution in [2.45, 2.75) is 0 Å². The summed E-state index contributed by atoms with van der Waals surface area (Å²) >= 11 is 0. The van der Waals surface area contributed by atoms with E-state index < -0.39 is 0 Å². The molecule has 0 spiro atoms. The number of carbonyl (C=O) groups is 1. The van der Waals surface area contributed by atoms with Gasteiger partial charge in [0, 0.05) is 54.9 Å². The summed E-state index contributed by atoms with van der Waals surface area (Å²) in [6.45, 7) is 3.97. The van der Waals surface area contributed by atoms with E-state index in [4.69, 9.17) is 0 Å². The molecule has 1 aliphatic rings. The summed E-state index contributed by atoms with van der Waals surface area (Å²) in [6, 6.07) is 21.3. The predicted molar refractivity (Wildman–Crippen MR) is 109 cm³/mol. The maximum absolute atomic E-state index is 12.6. The van der Waals surface area contributed by atoms with Crippen LogP contribution in [0.3, 0.4) is 0 Å². The van der Waals surface area contributed by atoms with Gasteiger partial charge in [-0.1, -0.05) is 18.2 Å². The third kappa shape index (κ3) is 4.15. The van der Waals surface area contributed by atoms with Gasteiger partial charge in [-0.2, -0.15) is 0 Å². The van der Waals surface area contributed by atoms with Crippen LogP contribution in [0.2, 0.25) is 0 Å². The Morgan fingerprint density at radius 1 is 0.963 bits per heavy atom. The van der Waals surface area contributed by atoms with Crippen LogP contribution in [0.1, 0.15) is 10.4 Å². The van der Waals surface area contributed by atoms with E-state index in [1.54, 1.807) is 6.20 Å². The molecule has 5 heteroatoms. The quantitative estimate of drug-likeness (QED) is 0.750. The van der Waals surface area contributed by atoms with Crippen LogP contribution in [-0.4, -0.2) is 37.1 Å². The normalized spacial score (nSPS) is 14.0. The number of nitrogens with one attached hydrogen (secondary N) is 2. The molecule has 2 heterocycles. The summed E-state index contributed by atoms with van der Waals surface area (Å²) in [5.74, 6) is -0.111. The molecule has 1 aromatic heterocycles. The van der Waals surface area contributed by atoms with Crippen LogP contribution in [0.5, 0.6) is 0 Å². The maximum Gasteiger partial charge on any atom is 0.255 e. The molecule has 0 bridgehead atoms. The van der Waals surface area contributed by atoms with Gasteiger partial charge in [0.05, 0.1) is 5.69 Å². The number of carbonyl (C=O) groups excluding carboxylic acids is 1. The third-order valence-electron chi connectivity index (χ3n) is 4.69. The molecule has 0 radical (unpaired) electrons. The molecule has 2 N–H and O–H groups in total. The molecule has 136 valence electrons. The maximum atomic E-state index is 12.6. The van der Waals surface area contributed by atoms with Crippen molar-refractivity contribution >= 4 is 17.3 Å². The first-order valence-electron chi connectivity index (χ1n) is 9.18. The van der Waals surface area contributed by atoms with Gasteiger partial charge in [-0.15, -0.1) is 0 Å². The Labute approximate surface area is 159 Å². The van der Waals surface area contributed by atoms with E-state index in [1.165, 1.54) is 0 Å². The highest BCUT2D eigenvalue weighted by Gasteiger charge is 2.12. The van der Waals surface area contributed by atoms with Crippen molar-refractivity contribution in [1.82, 2.24) is 10.3 Å². The molecule has 5 nitrogen and oxygen atoms in total. The number of nitrogens with zero attached hydrogens (tertiary/aromatic N) is 2. The number of pyridine rings is 1. The van der Waals surface area contributed by atoms with Crippen LogP contribution in [-0.2, 0) is 0 Å². The van der Waals surface area contributed by atoms with E-state index in [-0.39, 0.29) is 5.91 Å². The summed E-state index contributed by atoms with van der Waals surface area (Å²) in [7, 11) is 0. The molecule has 1 aliphatic heterocycles. The number of anilines is 2. The van der Waals surface area contributed by atoms with Crippen molar-refractivity contribution in [3.8, 4) is 11.3 Å². The smallest absolute Gasteiger partial charge is 0.255 e. The first-order chi connectivity index (χ1) is 13.3. The summed E-state index contributed by atoms with van der Waals surface area (Å²) in [4.78, 5) is 19.3. The predicted octanol–water partition coefficient (Wildman–Crippen LogP) is 3.41. The zero-order chi connectivity index (χ0) is 18.5. The highest BCUT2D eigenvalue weighted by molar-refractivity contribution is 6.04. The Morgan fingerprint density at radius 2 is 1.78 bits per heavy atom. The van der Waals surface area contributed by atoms with Crippen molar-refractivity contribution < 1.29 is 4.79 Å². The van der Waals surface area contributed by atoms with Crippen LogP contribution < -0.4 is 15.5 Å². The number of hydrogen-bond acceptors (Lipinski definition) is 4. The molecule has 0 unspecified atom stereocenters. The fraction of sp³-hybridized carbons (Fsp3) is 0.182. The van der Waals surface area contributed by atoms with Crippen molar-refractivity contribution in [3.63, 3.8) is 0 Å². The summed E-state index contributed by atoms with van der Waals surface area (Å²) < 4.78 is 0.